The van der Waals surface area contributed by atoms with E-state index in [0.29, 0.717) is 25.0 Å². The molecule has 0 saturated heterocycles. The van der Waals surface area contributed by atoms with Crippen LogP contribution in [0.2, 0.25) is 0 Å². The third-order valence-electron chi connectivity index (χ3n) is 5.67. The lowest BCUT2D eigenvalue weighted by Gasteiger charge is -2.31. The molecule has 1 fully saturated rings. The zero-order valence-electron chi connectivity index (χ0n) is 15.9. The van der Waals surface area contributed by atoms with Crippen LogP contribution in [0.3, 0.4) is 0 Å². The van der Waals surface area contributed by atoms with Crippen molar-refractivity contribution >= 4 is 0 Å². The smallest absolute Gasteiger partial charge is 0.207 e. The molecule has 6 heteroatoms. The van der Waals surface area contributed by atoms with Gasteiger partial charge in [-0.3, -0.25) is 0 Å². The third kappa shape index (κ3) is 3.09. The summed E-state index contributed by atoms with van der Waals surface area (Å²) in [7, 11) is 0. The van der Waals surface area contributed by atoms with E-state index in [4.69, 9.17) is 14.2 Å². The zero-order valence-corrected chi connectivity index (χ0v) is 15.9. The molecule has 1 aliphatic carbocycles. The van der Waals surface area contributed by atoms with E-state index in [1.165, 1.54) is 6.07 Å². The molecule has 2 aromatic rings. The predicted molar refractivity (Wildman–Crippen MR) is 98.8 cm³/mol. The number of hydrogen-bond acceptors (Lipinski definition) is 3. The Hall–Kier alpha value is -2.37. The highest BCUT2D eigenvalue weighted by Crippen LogP contribution is 2.51. The van der Waals surface area contributed by atoms with Crippen molar-refractivity contribution in [1.29, 1.82) is 0 Å². The van der Waals surface area contributed by atoms with Crippen molar-refractivity contribution in [2.45, 2.75) is 51.0 Å². The van der Waals surface area contributed by atoms with E-state index in [2.05, 4.69) is 0 Å². The van der Waals surface area contributed by atoms with Crippen LogP contribution in [-0.2, 0) is 0 Å². The molecular formula is C22H23F3O3. The van der Waals surface area contributed by atoms with Crippen molar-refractivity contribution in [2.24, 2.45) is 0 Å². The van der Waals surface area contributed by atoms with Crippen LogP contribution >= 0.6 is 0 Å². The number of fused-ring (bicyclic) bond motifs is 3. The van der Waals surface area contributed by atoms with E-state index < -0.39 is 17.5 Å². The highest BCUT2D eigenvalue weighted by Gasteiger charge is 2.42. The number of benzene rings is 2. The highest BCUT2D eigenvalue weighted by molar-refractivity contribution is 5.48. The molecule has 28 heavy (non-hydrogen) atoms. The van der Waals surface area contributed by atoms with Gasteiger partial charge in [0.05, 0.1) is 13.2 Å². The van der Waals surface area contributed by atoms with Gasteiger partial charge in [0.1, 0.15) is 6.10 Å². The monoisotopic (exact) mass is 392 g/mol. The van der Waals surface area contributed by atoms with Gasteiger partial charge in [0.2, 0.25) is 11.6 Å². The Morgan fingerprint density at radius 1 is 0.857 bits per heavy atom. The van der Waals surface area contributed by atoms with Crippen LogP contribution in [0.25, 0.3) is 0 Å². The maximum Gasteiger partial charge on any atom is 0.207 e. The van der Waals surface area contributed by atoms with Crippen molar-refractivity contribution in [1.82, 2.24) is 0 Å². The van der Waals surface area contributed by atoms with Crippen molar-refractivity contribution in [3.8, 4) is 17.2 Å². The molecular weight excluding hydrogens is 369 g/mol. The Labute approximate surface area is 162 Å². The Kier molecular flexibility index (Phi) is 5.13. The summed E-state index contributed by atoms with van der Waals surface area (Å²) in [6, 6.07) is 6.55. The first kappa shape index (κ1) is 19.0. The van der Waals surface area contributed by atoms with Crippen LogP contribution in [0.15, 0.2) is 24.3 Å². The Bertz CT molecular complexity index is 884. The average Bonchev–Trinajstić information content (AvgIpc) is 3.07. The molecule has 2 aromatic carbocycles. The second kappa shape index (κ2) is 7.57. The van der Waals surface area contributed by atoms with Crippen molar-refractivity contribution in [3.63, 3.8) is 0 Å². The topological polar surface area (TPSA) is 27.7 Å². The van der Waals surface area contributed by atoms with E-state index in [0.717, 1.165) is 12.0 Å². The SMILES string of the molecule is CCOc1ccc(C2CC[C@H]3c4ccc(OCC)c(F)c4OC3C2)c(F)c1F. The summed E-state index contributed by atoms with van der Waals surface area (Å²) in [5.74, 6) is -2.09. The molecule has 2 unspecified atom stereocenters. The minimum Gasteiger partial charge on any atom is -0.491 e. The number of halogens is 3. The lowest BCUT2D eigenvalue weighted by Crippen LogP contribution is -2.27. The minimum atomic E-state index is -0.954. The lowest BCUT2D eigenvalue weighted by atomic mass is 9.75. The molecule has 0 bridgehead atoms. The molecule has 0 N–H and O–H groups in total. The van der Waals surface area contributed by atoms with Crippen LogP contribution in [0.1, 0.15) is 56.1 Å². The van der Waals surface area contributed by atoms with Crippen LogP contribution in [0.5, 0.6) is 17.2 Å². The van der Waals surface area contributed by atoms with Crippen molar-refractivity contribution < 1.29 is 27.4 Å². The normalized spacial score (nSPS) is 23.0. The molecule has 4 rings (SSSR count). The second-order valence-corrected chi connectivity index (χ2v) is 7.22. The first-order chi connectivity index (χ1) is 13.5. The summed E-state index contributed by atoms with van der Waals surface area (Å²) in [5, 5.41) is 0. The van der Waals surface area contributed by atoms with Gasteiger partial charge in [-0.1, -0.05) is 12.1 Å². The van der Waals surface area contributed by atoms with Gasteiger partial charge in [0.25, 0.3) is 0 Å². The van der Waals surface area contributed by atoms with Gasteiger partial charge >= 0.3 is 0 Å². The summed E-state index contributed by atoms with van der Waals surface area (Å²) >= 11 is 0. The van der Waals surface area contributed by atoms with Crippen LogP contribution in [0, 0.1) is 17.5 Å². The van der Waals surface area contributed by atoms with Crippen LogP contribution < -0.4 is 14.2 Å². The number of hydrogen-bond donors (Lipinski definition) is 0. The minimum absolute atomic E-state index is 0.0621. The van der Waals surface area contributed by atoms with Gasteiger partial charge < -0.3 is 14.2 Å². The van der Waals surface area contributed by atoms with E-state index in [-0.39, 0.29) is 41.8 Å². The first-order valence-corrected chi connectivity index (χ1v) is 9.77. The van der Waals surface area contributed by atoms with Crippen LogP contribution in [-0.4, -0.2) is 19.3 Å². The van der Waals surface area contributed by atoms with Crippen LogP contribution in [0.4, 0.5) is 13.2 Å². The van der Waals surface area contributed by atoms with Crippen molar-refractivity contribution in [3.05, 3.63) is 52.8 Å². The maximum absolute atomic E-state index is 14.7. The summed E-state index contributed by atoms with van der Waals surface area (Å²) < 4.78 is 59.9. The van der Waals surface area contributed by atoms with Gasteiger partial charge in [-0.25, -0.2) is 4.39 Å². The van der Waals surface area contributed by atoms with E-state index in [9.17, 15) is 13.2 Å². The fourth-order valence-electron chi connectivity index (χ4n) is 4.41. The molecule has 0 spiro atoms. The molecule has 0 radical (unpaired) electrons. The highest BCUT2D eigenvalue weighted by atomic mass is 19.2. The average molecular weight is 392 g/mol. The summed E-state index contributed by atoms with van der Waals surface area (Å²) in [5.41, 5.74) is 1.16. The number of ether oxygens (including phenoxy) is 3. The summed E-state index contributed by atoms with van der Waals surface area (Å²) in [4.78, 5) is 0. The Balaban J connectivity index is 1.57. The van der Waals surface area contributed by atoms with Gasteiger partial charge in [-0.15, -0.1) is 0 Å². The van der Waals surface area contributed by atoms with E-state index >= 15 is 0 Å². The zero-order chi connectivity index (χ0) is 19.8. The van der Waals surface area contributed by atoms with Gasteiger partial charge in [0.15, 0.2) is 23.1 Å². The fraction of sp³-hybridized carbons (Fsp3) is 0.455. The maximum atomic E-state index is 14.7. The van der Waals surface area contributed by atoms with E-state index in [1.54, 1.807) is 26.0 Å². The summed E-state index contributed by atoms with van der Waals surface area (Å²) in [6.07, 6.45) is 1.66. The molecule has 150 valence electrons. The second-order valence-electron chi connectivity index (χ2n) is 7.22. The van der Waals surface area contributed by atoms with Gasteiger partial charge in [0, 0.05) is 11.5 Å². The van der Waals surface area contributed by atoms with E-state index in [1.807, 2.05) is 6.07 Å². The quantitative estimate of drug-likeness (QED) is 0.652. The molecule has 0 aromatic heterocycles. The molecule has 1 aliphatic heterocycles. The molecule has 3 atom stereocenters. The van der Waals surface area contributed by atoms with Gasteiger partial charge in [-0.05, 0) is 56.7 Å². The standard InChI is InChI=1S/C22H23F3O3/c1-3-26-16-9-7-13(19(23)20(16)24)12-5-6-14-15-8-10-17(27-4-2)21(25)22(15)28-18(14)11-12/h7-10,12,14,18H,3-6,11H2,1-2H3/t12?,14-,18?/m0/s1. The molecule has 1 saturated carbocycles. The third-order valence-corrected chi connectivity index (χ3v) is 5.67. The molecule has 1 heterocycles. The van der Waals surface area contributed by atoms with Gasteiger partial charge in [-0.2, -0.15) is 8.78 Å². The van der Waals surface area contributed by atoms with Crippen molar-refractivity contribution in [2.75, 3.05) is 13.2 Å². The molecule has 2 aliphatic rings. The largest absolute Gasteiger partial charge is 0.491 e. The number of rotatable bonds is 5. The molecule has 0 amide bonds. The fourth-order valence-corrected chi connectivity index (χ4v) is 4.41. The summed E-state index contributed by atoms with van der Waals surface area (Å²) in [6.45, 7) is 4.15. The lowest BCUT2D eigenvalue weighted by molar-refractivity contribution is 0.145. The first-order valence-electron chi connectivity index (χ1n) is 9.77. The Morgan fingerprint density at radius 2 is 1.50 bits per heavy atom. The predicted octanol–water partition coefficient (Wildman–Crippen LogP) is 5.71. The molecule has 3 nitrogen and oxygen atoms in total. The Morgan fingerprint density at radius 3 is 2.18 bits per heavy atom.